The van der Waals surface area contributed by atoms with Gasteiger partial charge >= 0.3 is 8.56 Å². The van der Waals surface area contributed by atoms with Crippen LogP contribution >= 0.6 is 0 Å². The number of rotatable bonds is 6. The molecule has 1 aliphatic rings. The summed E-state index contributed by atoms with van der Waals surface area (Å²) < 4.78 is 16.1. The van der Waals surface area contributed by atoms with Gasteiger partial charge < -0.3 is 13.6 Å². The van der Waals surface area contributed by atoms with Crippen LogP contribution in [0, 0.1) is 0 Å². The van der Waals surface area contributed by atoms with Crippen molar-refractivity contribution in [3.8, 4) is 0 Å². The first-order valence-corrected chi connectivity index (χ1v) is 7.39. The van der Waals surface area contributed by atoms with Crippen molar-refractivity contribution >= 4 is 8.56 Å². The van der Waals surface area contributed by atoms with Gasteiger partial charge in [0.15, 0.2) is 0 Å². The summed E-state index contributed by atoms with van der Waals surface area (Å²) in [5.41, 5.74) is 0. The van der Waals surface area contributed by atoms with E-state index in [2.05, 4.69) is 13.5 Å². The van der Waals surface area contributed by atoms with Crippen LogP contribution in [0.25, 0.3) is 0 Å². The summed E-state index contributed by atoms with van der Waals surface area (Å²) in [5, 5.41) is 0. The third-order valence-corrected chi connectivity index (χ3v) is 5.81. The third-order valence-electron chi connectivity index (χ3n) is 2.82. The van der Waals surface area contributed by atoms with Gasteiger partial charge in [0.1, 0.15) is 0 Å². The van der Waals surface area contributed by atoms with E-state index in [4.69, 9.17) is 13.6 Å². The minimum Gasteiger partial charge on any atom is -0.398 e. The predicted octanol–water partition coefficient (Wildman–Crippen LogP) is 1.92. The summed E-state index contributed by atoms with van der Waals surface area (Å²) in [6.45, 7) is 4.22. The smallest absolute Gasteiger partial charge is 0.334 e. The highest BCUT2D eigenvalue weighted by molar-refractivity contribution is 6.65. The Bertz CT molecular complexity index is 159. The zero-order chi connectivity index (χ0) is 9.90. The van der Waals surface area contributed by atoms with Crippen LogP contribution in [0.15, 0.2) is 0 Å². The quantitative estimate of drug-likeness (QED) is 0.489. The van der Waals surface area contributed by atoms with Gasteiger partial charge in [0.2, 0.25) is 0 Å². The van der Waals surface area contributed by atoms with Crippen molar-refractivity contribution in [1.82, 2.24) is 0 Å². The fraction of sp³-hybridized carbons (Fsp3) is 1.00. The molecule has 0 aliphatic carbocycles. The number of hydrogen-bond acceptors (Lipinski definition) is 3. The molecule has 1 saturated heterocycles. The predicted molar refractivity (Wildman–Crippen MR) is 54.0 cm³/mol. The third kappa shape index (κ3) is 3.38. The van der Waals surface area contributed by atoms with Crippen molar-refractivity contribution in [2.24, 2.45) is 0 Å². The molecule has 0 saturated carbocycles. The highest BCUT2D eigenvalue weighted by Crippen LogP contribution is 2.27. The highest BCUT2D eigenvalue weighted by Gasteiger charge is 2.35. The Labute approximate surface area is 81.6 Å². The van der Waals surface area contributed by atoms with Crippen molar-refractivity contribution in [2.45, 2.75) is 44.6 Å². The van der Waals surface area contributed by atoms with Gasteiger partial charge in [-0.2, -0.15) is 0 Å². The molecule has 4 heteroatoms. The molecular weight excluding hydrogens is 184 g/mol. The van der Waals surface area contributed by atoms with E-state index in [0.29, 0.717) is 12.2 Å². The van der Waals surface area contributed by atoms with E-state index in [1.165, 1.54) is 0 Å². The molecule has 1 fully saturated rings. The lowest BCUT2D eigenvalue weighted by molar-refractivity contribution is 0.247. The van der Waals surface area contributed by atoms with Gasteiger partial charge in [-0.05, 0) is 32.4 Å². The standard InChI is InChI=1S/C9H20O3Si/c1-8-9(12-8)6-5-7-13(4,10-2)11-3/h8-9H,5-7H2,1-4H3. The Kier molecular flexibility index (Phi) is 3.91. The van der Waals surface area contributed by atoms with Crippen LogP contribution in [0.2, 0.25) is 12.6 Å². The van der Waals surface area contributed by atoms with E-state index in [-0.39, 0.29) is 0 Å². The molecule has 0 amide bonds. The van der Waals surface area contributed by atoms with E-state index in [9.17, 15) is 0 Å². The summed E-state index contributed by atoms with van der Waals surface area (Å²) in [7, 11) is 1.67. The molecule has 0 spiro atoms. The van der Waals surface area contributed by atoms with Crippen LogP contribution in [0.1, 0.15) is 19.8 Å². The number of ether oxygens (including phenoxy) is 1. The van der Waals surface area contributed by atoms with Gasteiger partial charge in [-0.25, -0.2) is 0 Å². The van der Waals surface area contributed by atoms with Crippen LogP contribution in [0.4, 0.5) is 0 Å². The largest absolute Gasteiger partial charge is 0.398 e. The van der Waals surface area contributed by atoms with Crippen LogP contribution in [-0.2, 0) is 13.6 Å². The molecule has 1 heterocycles. The molecule has 0 aromatic rings. The Hall–Kier alpha value is 0.0969. The average Bonchev–Trinajstić information content (AvgIpc) is 2.82. The molecule has 1 rings (SSSR count). The van der Waals surface area contributed by atoms with Crippen LogP contribution < -0.4 is 0 Å². The molecule has 2 unspecified atom stereocenters. The van der Waals surface area contributed by atoms with Crippen molar-refractivity contribution in [1.29, 1.82) is 0 Å². The fourth-order valence-corrected chi connectivity index (χ4v) is 2.87. The summed E-state index contributed by atoms with van der Waals surface area (Å²) in [6, 6.07) is 1.06. The van der Waals surface area contributed by atoms with Crippen molar-refractivity contribution in [2.75, 3.05) is 14.2 Å². The molecule has 0 radical (unpaired) electrons. The van der Waals surface area contributed by atoms with Gasteiger partial charge in [-0.1, -0.05) is 0 Å². The van der Waals surface area contributed by atoms with E-state index in [1.54, 1.807) is 14.2 Å². The molecule has 0 aromatic heterocycles. The topological polar surface area (TPSA) is 31.0 Å². The molecule has 78 valence electrons. The molecule has 3 nitrogen and oxygen atoms in total. The van der Waals surface area contributed by atoms with E-state index in [1.807, 2.05) is 0 Å². The average molecular weight is 204 g/mol. The summed E-state index contributed by atoms with van der Waals surface area (Å²) in [6.07, 6.45) is 3.29. The summed E-state index contributed by atoms with van der Waals surface area (Å²) >= 11 is 0. The van der Waals surface area contributed by atoms with Crippen molar-refractivity contribution in [3.63, 3.8) is 0 Å². The van der Waals surface area contributed by atoms with Crippen molar-refractivity contribution in [3.05, 3.63) is 0 Å². The second-order valence-electron chi connectivity index (χ2n) is 3.81. The van der Waals surface area contributed by atoms with Gasteiger partial charge in [0.05, 0.1) is 12.2 Å². The Morgan fingerprint density at radius 2 is 1.85 bits per heavy atom. The van der Waals surface area contributed by atoms with Crippen LogP contribution in [0.3, 0.4) is 0 Å². The highest BCUT2D eigenvalue weighted by atomic mass is 28.4. The molecule has 1 aliphatic heterocycles. The maximum Gasteiger partial charge on any atom is 0.334 e. The lowest BCUT2D eigenvalue weighted by Gasteiger charge is -2.22. The first kappa shape index (κ1) is 11.2. The first-order valence-electron chi connectivity index (χ1n) is 4.87. The second kappa shape index (κ2) is 4.55. The lowest BCUT2D eigenvalue weighted by Crippen LogP contribution is -2.35. The number of epoxide rings is 1. The van der Waals surface area contributed by atoms with Gasteiger partial charge in [0.25, 0.3) is 0 Å². The van der Waals surface area contributed by atoms with Gasteiger partial charge in [0, 0.05) is 14.2 Å². The minimum absolute atomic E-state index is 0.484. The van der Waals surface area contributed by atoms with E-state index >= 15 is 0 Å². The maximum absolute atomic E-state index is 5.39. The number of hydrogen-bond donors (Lipinski definition) is 0. The summed E-state index contributed by atoms with van der Waals surface area (Å²) in [4.78, 5) is 0. The van der Waals surface area contributed by atoms with Gasteiger partial charge in [-0.15, -0.1) is 0 Å². The molecule has 0 bridgehead atoms. The van der Waals surface area contributed by atoms with E-state index < -0.39 is 8.56 Å². The molecule has 2 atom stereocenters. The molecule has 13 heavy (non-hydrogen) atoms. The second-order valence-corrected chi connectivity index (χ2v) is 7.40. The normalized spacial score (nSPS) is 27.7. The monoisotopic (exact) mass is 204 g/mol. The van der Waals surface area contributed by atoms with E-state index in [0.717, 1.165) is 18.9 Å². The Morgan fingerprint density at radius 3 is 2.23 bits per heavy atom. The van der Waals surface area contributed by atoms with Crippen LogP contribution in [-0.4, -0.2) is 35.0 Å². The van der Waals surface area contributed by atoms with Crippen LogP contribution in [0.5, 0.6) is 0 Å². The van der Waals surface area contributed by atoms with Crippen molar-refractivity contribution < 1.29 is 13.6 Å². The fourth-order valence-electron chi connectivity index (χ4n) is 1.44. The first-order chi connectivity index (χ1) is 6.11. The molecule has 0 aromatic carbocycles. The SMILES string of the molecule is CO[Si](C)(CCCC1OC1C)OC. The zero-order valence-electron chi connectivity index (χ0n) is 9.00. The zero-order valence-corrected chi connectivity index (χ0v) is 10.0. The minimum atomic E-state index is -1.81. The Balaban J connectivity index is 2.09. The molecule has 0 N–H and O–H groups in total. The maximum atomic E-state index is 5.39. The summed E-state index contributed by atoms with van der Waals surface area (Å²) in [5.74, 6) is 0. The lowest BCUT2D eigenvalue weighted by atomic mass is 10.2. The Morgan fingerprint density at radius 1 is 1.31 bits per heavy atom. The molecular formula is C9H20O3Si. The van der Waals surface area contributed by atoms with Gasteiger partial charge in [-0.3, -0.25) is 0 Å².